The smallest absolute Gasteiger partial charge is 0.247 e. The van der Waals surface area contributed by atoms with Gasteiger partial charge in [-0.2, -0.15) is 0 Å². The van der Waals surface area contributed by atoms with E-state index in [9.17, 15) is 14.3 Å². The van der Waals surface area contributed by atoms with Gasteiger partial charge in [-0.1, -0.05) is 0 Å². The Labute approximate surface area is 99.3 Å². The molecule has 5 heteroatoms. The minimum atomic E-state index is -0.570. The number of hydrogen-bond donors (Lipinski definition) is 1. The van der Waals surface area contributed by atoms with Crippen LogP contribution in [0.4, 0.5) is 10.1 Å². The number of carbonyl (C=O) groups excluding carboxylic acids is 1. The van der Waals surface area contributed by atoms with E-state index in [2.05, 4.69) is 0 Å². The molecular formula is C12H15FN2O2. The van der Waals surface area contributed by atoms with Crippen LogP contribution in [0.15, 0.2) is 24.3 Å². The molecule has 2 rings (SSSR count). The SMILES string of the molecule is CN1CCN(c2ccc(F)cc2)C(CO)C1=O. The van der Waals surface area contributed by atoms with Gasteiger partial charge in [-0.25, -0.2) is 4.39 Å². The van der Waals surface area contributed by atoms with Gasteiger partial charge >= 0.3 is 0 Å². The van der Waals surface area contributed by atoms with Crippen molar-refractivity contribution in [1.82, 2.24) is 4.90 Å². The molecule has 1 saturated heterocycles. The number of likely N-dealkylation sites (N-methyl/N-ethyl adjacent to an activating group) is 1. The first-order valence-corrected chi connectivity index (χ1v) is 5.51. The maximum Gasteiger partial charge on any atom is 0.247 e. The Balaban J connectivity index is 2.25. The zero-order chi connectivity index (χ0) is 12.4. The molecule has 0 spiro atoms. The molecule has 1 heterocycles. The van der Waals surface area contributed by atoms with Crippen LogP contribution in [0.25, 0.3) is 0 Å². The van der Waals surface area contributed by atoms with E-state index in [1.54, 1.807) is 24.1 Å². The van der Waals surface area contributed by atoms with E-state index >= 15 is 0 Å². The molecule has 92 valence electrons. The molecule has 1 amide bonds. The summed E-state index contributed by atoms with van der Waals surface area (Å²) in [6.45, 7) is 1.01. The molecule has 1 aromatic carbocycles. The number of rotatable bonds is 2. The van der Waals surface area contributed by atoms with Gasteiger partial charge in [0, 0.05) is 25.8 Å². The van der Waals surface area contributed by atoms with Crippen LogP contribution in [-0.4, -0.2) is 48.7 Å². The molecule has 1 aliphatic heterocycles. The van der Waals surface area contributed by atoms with Crippen LogP contribution in [0, 0.1) is 5.82 Å². The predicted octanol–water partition coefficient (Wildman–Crippen LogP) is 0.465. The number of carbonyl (C=O) groups is 1. The lowest BCUT2D eigenvalue weighted by atomic mass is 10.1. The maximum atomic E-state index is 12.8. The van der Waals surface area contributed by atoms with Crippen molar-refractivity contribution >= 4 is 11.6 Å². The number of benzene rings is 1. The summed E-state index contributed by atoms with van der Waals surface area (Å²) >= 11 is 0. The van der Waals surface area contributed by atoms with Crippen molar-refractivity contribution < 1.29 is 14.3 Å². The van der Waals surface area contributed by atoms with E-state index in [4.69, 9.17) is 0 Å². The number of nitrogens with zero attached hydrogens (tertiary/aromatic N) is 2. The van der Waals surface area contributed by atoms with Crippen LogP contribution >= 0.6 is 0 Å². The first-order valence-electron chi connectivity index (χ1n) is 5.51. The Kier molecular flexibility index (Phi) is 3.28. The fourth-order valence-corrected chi connectivity index (χ4v) is 2.03. The molecule has 1 N–H and O–H groups in total. The van der Waals surface area contributed by atoms with Crippen molar-refractivity contribution in [2.24, 2.45) is 0 Å². The number of halogens is 1. The minimum absolute atomic E-state index is 0.108. The highest BCUT2D eigenvalue weighted by Gasteiger charge is 2.32. The third-order valence-corrected chi connectivity index (χ3v) is 3.05. The number of aliphatic hydroxyl groups is 1. The molecule has 0 aromatic heterocycles. The van der Waals surface area contributed by atoms with Crippen molar-refractivity contribution in [3.63, 3.8) is 0 Å². The minimum Gasteiger partial charge on any atom is -0.394 e. The highest BCUT2D eigenvalue weighted by molar-refractivity contribution is 5.86. The molecule has 0 radical (unpaired) electrons. The quantitative estimate of drug-likeness (QED) is 0.814. The molecule has 0 aliphatic carbocycles. The van der Waals surface area contributed by atoms with E-state index in [0.717, 1.165) is 5.69 Å². The molecule has 0 bridgehead atoms. The summed E-state index contributed by atoms with van der Waals surface area (Å²) in [5.74, 6) is -0.419. The highest BCUT2D eigenvalue weighted by atomic mass is 19.1. The van der Waals surface area contributed by atoms with Crippen LogP contribution in [0.2, 0.25) is 0 Å². The van der Waals surface area contributed by atoms with Gasteiger partial charge in [0.05, 0.1) is 6.61 Å². The number of aliphatic hydroxyl groups excluding tert-OH is 1. The van der Waals surface area contributed by atoms with Crippen LogP contribution in [0.1, 0.15) is 0 Å². The number of piperazine rings is 1. The number of hydrogen-bond acceptors (Lipinski definition) is 3. The molecular weight excluding hydrogens is 223 g/mol. The van der Waals surface area contributed by atoms with Gasteiger partial charge in [0.1, 0.15) is 11.9 Å². The number of amides is 1. The van der Waals surface area contributed by atoms with Crippen molar-refractivity contribution in [2.45, 2.75) is 6.04 Å². The Morgan fingerprint density at radius 3 is 2.59 bits per heavy atom. The molecule has 17 heavy (non-hydrogen) atoms. The summed E-state index contributed by atoms with van der Waals surface area (Å²) in [6.07, 6.45) is 0. The first-order chi connectivity index (χ1) is 8.13. The van der Waals surface area contributed by atoms with E-state index in [-0.39, 0.29) is 18.3 Å². The van der Waals surface area contributed by atoms with Gasteiger partial charge in [0.25, 0.3) is 0 Å². The molecule has 1 atom stereocenters. The zero-order valence-electron chi connectivity index (χ0n) is 9.64. The highest BCUT2D eigenvalue weighted by Crippen LogP contribution is 2.21. The van der Waals surface area contributed by atoms with Crippen LogP contribution in [0.5, 0.6) is 0 Å². The molecule has 1 unspecified atom stereocenters. The Hall–Kier alpha value is -1.62. The summed E-state index contributed by atoms with van der Waals surface area (Å²) in [4.78, 5) is 15.3. The van der Waals surface area contributed by atoms with E-state index in [0.29, 0.717) is 13.1 Å². The topological polar surface area (TPSA) is 43.8 Å². The van der Waals surface area contributed by atoms with Crippen molar-refractivity contribution in [3.05, 3.63) is 30.1 Å². The van der Waals surface area contributed by atoms with Crippen molar-refractivity contribution in [1.29, 1.82) is 0 Å². The molecule has 0 saturated carbocycles. The second-order valence-corrected chi connectivity index (χ2v) is 4.13. The van der Waals surface area contributed by atoms with Crippen molar-refractivity contribution in [2.75, 3.05) is 31.6 Å². The maximum absolute atomic E-state index is 12.8. The molecule has 1 aromatic rings. The normalized spacial score (nSPS) is 20.9. The summed E-state index contributed by atoms with van der Waals surface area (Å²) in [6, 6.07) is 5.38. The Bertz CT molecular complexity index is 407. The second kappa shape index (κ2) is 4.71. The zero-order valence-corrected chi connectivity index (χ0v) is 9.64. The summed E-state index contributed by atoms with van der Waals surface area (Å²) < 4.78 is 12.8. The third kappa shape index (κ3) is 2.24. The Morgan fingerprint density at radius 2 is 2.00 bits per heavy atom. The van der Waals surface area contributed by atoms with Gasteiger partial charge in [-0.3, -0.25) is 4.79 Å². The summed E-state index contributed by atoms with van der Waals surface area (Å²) in [7, 11) is 1.72. The predicted molar refractivity (Wildman–Crippen MR) is 62.3 cm³/mol. The van der Waals surface area contributed by atoms with Gasteiger partial charge in [0.2, 0.25) is 5.91 Å². The average Bonchev–Trinajstić information content (AvgIpc) is 2.34. The lowest BCUT2D eigenvalue weighted by Crippen LogP contribution is -2.57. The average molecular weight is 238 g/mol. The third-order valence-electron chi connectivity index (χ3n) is 3.05. The monoisotopic (exact) mass is 238 g/mol. The largest absolute Gasteiger partial charge is 0.394 e. The lowest BCUT2D eigenvalue weighted by Gasteiger charge is -2.39. The number of anilines is 1. The second-order valence-electron chi connectivity index (χ2n) is 4.13. The molecule has 1 fully saturated rings. The van der Waals surface area contributed by atoms with Gasteiger partial charge in [-0.15, -0.1) is 0 Å². The molecule has 4 nitrogen and oxygen atoms in total. The first kappa shape index (κ1) is 11.9. The van der Waals surface area contributed by atoms with E-state index in [1.165, 1.54) is 12.1 Å². The van der Waals surface area contributed by atoms with Gasteiger partial charge < -0.3 is 14.9 Å². The lowest BCUT2D eigenvalue weighted by molar-refractivity contribution is -0.133. The Morgan fingerprint density at radius 1 is 1.35 bits per heavy atom. The van der Waals surface area contributed by atoms with E-state index < -0.39 is 6.04 Å². The van der Waals surface area contributed by atoms with Crippen LogP contribution in [-0.2, 0) is 4.79 Å². The fourth-order valence-electron chi connectivity index (χ4n) is 2.03. The summed E-state index contributed by atoms with van der Waals surface area (Å²) in [5.41, 5.74) is 0.756. The van der Waals surface area contributed by atoms with Crippen LogP contribution in [0.3, 0.4) is 0 Å². The van der Waals surface area contributed by atoms with Crippen molar-refractivity contribution in [3.8, 4) is 0 Å². The van der Waals surface area contributed by atoms with Gasteiger partial charge in [-0.05, 0) is 24.3 Å². The summed E-state index contributed by atoms with van der Waals surface area (Å²) in [5, 5.41) is 9.30. The fraction of sp³-hybridized carbons (Fsp3) is 0.417. The van der Waals surface area contributed by atoms with Crippen LogP contribution < -0.4 is 4.90 Å². The molecule has 1 aliphatic rings. The standard InChI is InChI=1S/C12H15FN2O2/c1-14-6-7-15(11(8-16)12(14)17)10-4-2-9(13)3-5-10/h2-5,11,16H,6-8H2,1H3. The van der Waals surface area contributed by atoms with Gasteiger partial charge in [0.15, 0.2) is 0 Å². The van der Waals surface area contributed by atoms with E-state index in [1.807, 2.05) is 4.90 Å².